The third-order valence-corrected chi connectivity index (χ3v) is 5.85. The fourth-order valence-electron chi connectivity index (χ4n) is 3.81. The van der Waals surface area contributed by atoms with Gasteiger partial charge in [0.05, 0.1) is 7.11 Å². The number of nitrogens with zero attached hydrogens (tertiary/aromatic N) is 4. The number of rotatable bonds is 11. The van der Waals surface area contributed by atoms with Gasteiger partial charge in [0.2, 0.25) is 17.6 Å². The smallest absolute Gasteiger partial charge is 0.226 e. The van der Waals surface area contributed by atoms with Crippen LogP contribution in [0, 0.1) is 0 Å². The fraction of sp³-hybridized carbons (Fsp3) is 0.286. The van der Waals surface area contributed by atoms with Gasteiger partial charge in [-0.3, -0.25) is 9.78 Å². The number of methoxy groups -OCH3 is 1. The van der Waals surface area contributed by atoms with Crippen LogP contribution < -0.4 is 4.74 Å². The molecular weight excluding hydrogens is 440 g/mol. The van der Waals surface area contributed by atoms with Crippen molar-refractivity contribution < 1.29 is 14.1 Å². The van der Waals surface area contributed by atoms with Crippen molar-refractivity contribution in [1.29, 1.82) is 0 Å². The molecule has 0 saturated heterocycles. The van der Waals surface area contributed by atoms with Gasteiger partial charge in [-0.2, -0.15) is 4.98 Å². The molecule has 0 unspecified atom stereocenters. The Labute approximate surface area is 205 Å². The number of carbonyl (C=O) groups excluding carboxylic acids is 1. The topological polar surface area (TPSA) is 81.4 Å². The highest BCUT2D eigenvalue weighted by Gasteiger charge is 2.16. The van der Waals surface area contributed by atoms with Gasteiger partial charge in [0.15, 0.2) is 0 Å². The second kappa shape index (κ2) is 11.9. The first-order chi connectivity index (χ1) is 17.1. The molecule has 0 N–H and O–H groups in total. The third kappa shape index (κ3) is 6.76. The summed E-state index contributed by atoms with van der Waals surface area (Å²) >= 11 is 0. The molecule has 35 heavy (non-hydrogen) atoms. The second-order valence-electron chi connectivity index (χ2n) is 8.37. The Morgan fingerprint density at radius 1 is 0.971 bits per heavy atom. The molecule has 0 spiro atoms. The predicted octanol–water partition coefficient (Wildman–Crippen LogP) is 5.25. The van der Waals surface area contributed by atoms with E-state index in [1.54, 1.807) is 19.5 Å². The minimum absolute atomic E-state index is 0.0864. The van der Waals surface area contributed by atoms with Crippen molar-refractivity contribution in [3.8, 4) is 17.1 Å². The second-order valence-corrected chi connectivity index (χ2v) is 8.37. The van der Waals surface area contributed by atoms with Crippen molar-refractivity contribution in [2.45, 2.75) is 45.7 Å². The van der Waals surface area contributed by atoms with Gasteiger partial charge in [-0.1, -0.05) is 42.4 Å². The summed E-state index contributed by atoms with van der Waals surface area (Å²) in [6.45, 7) is 3.21. The van der Waals surface area contributed by atoms with E-state index >= 15 is 0 Å². The molecule has 0 bridgehead atoms. The van der Waals surface area contributed by atoms with Crippen LogP contribution in [0.2, 0.25) is 0 Å². The van der Waals surface area contributed by atoms with Gasteiger partial charge in [-0.15, -0.1) is 0 Å². The summed E-state index contributed by atoms with van der Waals surface area (Å²) in [7, 11) is 1.63. The van der Waals surface area contributed by atoms with Crippen molar-refractivity contribution in [1.82, 2.24) is 20.0 Å². The molecule has 1 amide bonds. The number of benzene rings is 2. The Hall–Kier alpha value is -4.00. The average Bonchev–Trinajstić information content (AvgIpc) is 3.38. The first kappa shape index (κ1) is 24.1. The van der Waals surface area contributed by atoms with E-state index in [9.17, 15) is 4.79 Å². The van der Waals surface area contributed by atoms with Crippen LogP contribution in [-0.4, -0.2) is 33.0 Å². The van der Waals surface area contributed by atoms with E-state index in [2.05, 4.69) is 46.3 Å². The number of carbonyl (C=O) groups is 1. The summed E-state index contributed by atoms with van der Waals surface area (Å²) in [5, 5.41) is 4.07. The Balaban J connectivity index is 1.36. The van der Waals surface area contributed by atoms with E-state index in [1.165, 1.54) is 5.56 Å². The molecule has 2 aromatic carbocycles. The van der Waals surface area contributed by atoms with Crippen molar-refractivity contribution in [3.63, 3.8) is 0 Å². The van der Waals surface area contributed by atoms with Crippen LogP contribution in [0.5, 0.6) is 5.75 Å². The molecular formula is C28H30N4O3. The first-order valence-electron chi connectivity index (χ1n) is 11.9. The molecule has 180 valence electrons. The minimum Gasteiger partial charge on any atom is -0.497 e. The van der Waals surface area contributed by atoms with Crippen LogP contribution in [-0.2, 0) is 30.7 Å². The van der Waals surface area contributed by atoms with Crippen LogP contribution >= 0.6 is 0 Å². The summed E-state index contributed by atoms with van der Waals surface area (Å²) in [6.07, 6.45) is 6.10. The number of hydrogen-bond donors (Lipinski definition) is 0. The van der Waals surface area contributed by atoms with Crippen LogP contribution in [0.1, 0.15) is 42.3 Å². The zero-order chi connectivity index (χ0) is 24.5. The monoisotopic (exact) mass is 470 g/mol. The molecule has 7 nitrogen and oxygen atoms in total. The molecule has 0 saturated carbocycles. The lowest BCUT2D eigenvalue weighted by Gasteiger charge is -2.23. The molecule has 4 aromatic rings. The Bertz CT molecular complexity index is 1210. The summed E-state index contributed by atoms with van der Waals surface area (Å²) in [4.78, 5) is 23.7. The quantitative estimate of drug-likeness (QED) is 0.298. The zero-order valence-electron chi connectivity index (χ0n) is 20.2. The standard InChI is InChI=1S/C28H30N4O3/c1-3-21-9-11-22(12-10-21)19-32(20-23-6-5-17-29-18-23)27(33)8-4-7-26-30-28(31-35-26)24-13-15-25(34-2)16-14-24/h5-6,9-18H,3-4,7-8,19-20H2,1-2H3. The van der Waals surface area contributed by atoms with Gasteiger partial charge in [0.1, 0.15) is 5.75 Å². The number of amides is 1. The maximum atomic E-state index is 13.2. The van der Waals surface area contributed by atoms with E-state index in [4.69, 9.17) is 9.26 Å². The van der Waals surface area contributed by atoms with Gasteiger partial charge in [0.25, 0.3) is 0 Å². The molecule has 0 atom stereocenters. The lowest BCUT2D eigenvalue weighted by Crippen LogP contribution is -2.30. The molecule has 2 heterocycles. The van der Waals surface area contributed by atoms with E-state index in [1.807, 2.05) is 41.3 Å². The number of aromatic nitrogens is 3. The fourth-order valence-corrected chi connectivity index (χ4v) is 3.81. The third-order valence-electron chi connectivity index (χ3n) is 5.85. The molecule has 0 aliphatic rings. The average molecular weight is 471 g/mol. The summed E-state index contributed by atoms with van der Waals surface area (Å²) in [6, 6.07) is 19.8. The van der Waals surface area contributed by atoms with Crippen LogP contribution in [0.25, 0.3) is 11.4 Å². The Morgan fingerprint density at radius 2 is 1.71 bits per heavy atom. The van der Waals surface area contributed by atoms with Crippen LogP contribution in [0.4, 0.5) is 0 Å². The maximum Gasteiger partial charge on any atom is 0.226 e. The SMILES string of the molecule is CCc1ccc(CN(Cc2cccnc2)C(=O)CCCc2nc(-c3ccc(OC)cc3)no2)cc1. The van der Waals surface area contributed by atoms with E-state index in [0.29, 0.717) is 44.1 Å². The highest BCUT2D eigenvalue weighted by molar-refractivity contribution is 5.76. The van der Waals surface area contributed by atoms with Gasteiger partial charge >= 0.3 is 0 Å². The van der Waals surface area contributed by atoms with E-state index < -0.39 is 0 Å². The highest BCUT2D eigenvalue weighted by atomic mass is 16.5. The largest absolute Gasteiger partial charge is 0.497 e. The molecule has 0 aliphatic carbocycles. The number of hydrogen-bond acceptors (Lipinski definition) is 6. The Morgan fingerprint density at radius 3 is 2.40 bits per heavy atom. The predicted molar refractivity (Wildman–Crippen MR) is 134 cm³/mol. The summed E-state index contributed by atoms with van der Waals surface area (Å²) in [5.41, 5.74) is 4.26. The lowest BCUT2D eigenvalue weighted by molar-refractivity contribution is -0.132. The molecule has 0 fully saturated rings. The van der Waals surface area contributed by atoms with Crippen molar-refractivity contribution in [2.24, 2.45) is 0 Å². The molecule has 4 rings (SSSR count). The number of pyridine rings is 1. The molecule has 7 heteroatoms. The van der Waals surface area contributed by atoms with E-state index in [0.717, 1.165) is 28.9 Å². The molecule has 0 aliphatic heterocycles. The zero-order valence-corrected chi connectivity index (χ0v) is 20.2. The summed E-state index contributed by atoms with van der Waals surface area (Å²) in [5.74, 6) is 1.91. The number of ether oxygens (including phenoxy) is 1. The number of aryl methyl sites for hydroxylation is 2. The van der Waals surface area contributed by atoms with Gasteiger partial charge in [-0.25, -0.2) is 0 Å². The summed E-state index contributed by atoms with van der Waals surface area (Å²) < 4.78 is 10.6. The van der Waals surface area contributed by atoms with Gasteiger partial charge < -0.3 is 14.2 Å². The van der Waals surface area contributed by atoms with Crippen molar-refractivity contribution >= 4 is 5.91 Å². The van der Waals surface area contributed by atoms with Crippen molar-refractivity contribution in [2.75, 3.05) is 7.11 Å². The van der Waals surface area contributed by atoms with Crippen molar-refractivity contribution in [3.05, 3.63) is 95.6 Å². The minimum atomic E-state index is 0.0864. The first-order valence-corrected chi connectivity index (χ1v) is 11.9. The van der Waals surface area contributed by atoms with Crippen LogP contribution in [0.15, 0.2) is 77.6 Å². The van der Waals surface area contributed by atoms with Gasteiger partial charge in [-0.05, 0) is 59.9 Å². The normalized spacial score (nSPS) is 10.8. The van der Waals surface area contributed by atoms with E-state index in [-0.39, 0.29) is 5.91 Å². The van der Waals surface area contributed by atoms with Crippen LogP contribution in [0.3, 0.4) is 0 Å². The Kier molecular flexibility index (Phi) is 8.22. The highest BCUT2D eigenvalue weighted by Crippen LogP contribution is 2.20. The molecule has 2 aromatic heterocycles. The maximum absolute atomic E-state index is 13.2. The van der Waals surface area contributed by atoms with Gasteiger partial charge in [0, 0.05) is 43.9 Å². The molecule has 0 radical (unpaired) electrons. The lowest BCUT2D eigenvalue weighted by atomic mass is 10.1.